The molecule has 0 aliphatic carbocycles. The number of benzene rings is 2. The van der Waals surface area contributed by atoms with Crippen molar-refractivity contribution >= 4 is 23.7 Å². The Labute approximate surface area is 149 Å². The number of carbonyl (C=O) groups excluding carboxylic acids is 1. The van der Waals surface area contributed by atoms with Crippen LogP contribution in [0.1, 0.15) is 16.1 Å². The predicted octanol–water partition coefficient (Wildman–Crippen LogP) is 3.50. The minimum Gasteiger partial charge on any atom is -0.497 e. The molecule has 0 aliphatic rings. The Hall–Kier alpha value is -3.12. The molecule has 126 valence electrons. The van der Waals surface area contributed by atoms with Crippen molar-refractivity contribution in [2.75, 3.05) is 7.11 Å². The highest BCUT2D eigenvalue weighted by Crippen LogP contribution is 2.21. The highest BCUT2D eigenvalue weighted by molar-refractivity contribution is 6.30. The molecule has 2 aromatic carbocycles. The lowest BCUT2D eigenvalue weighted by molar-refractivity contribution is 0.0950. The Morgan fingerprint density at radius 1 is 1.24 bits per heavy atom. The first kappa shape index (κ1) is 16.7. The Morgan fingerprint density at radius 3 is 2.76 bits per heavy atom. The van der Waals surface area contributed by atoms with Crippen LogP contribution in [0.25, 0.3) is 11.3 Å². The quantitative estimate of drug-likeness (QED) is 0.543. The molecule has 7 heteroatoms. The van der Waals surface area contributed by atoms with Gasteiger partial charge >= 0.3 is 0 Å². The highest BCUT2D eigenvalue weighted by atomic mass is 35.5. The molecule has 25 heavy (non-hydrogen) atoms. The molecular weight excluding hydrogens is 340 g/mol. The molecule has 6 nitrogen and oxygen atoms in total. The molecule has 2 N–H and O–H groups in total. The van der Waals surface area contributed by atoms with Gasteiger partial charge in [-0.2, -0.15) is 10.2 Å². The summed E-state index contributed by atoms with van der Waals surface area (Å²) in [7, 11) is 1.61. The summed E-state index contributed by atoms with van der Waals surface area (Å²) in [6, 6.07) is 16.2. The fraction of sp³-hybridized carbons (Fsp3) is 0.0556. The number of ether oxygens (including phenoxy) is 1. The number of nitrogens with one attached hydrogen (secondary N) is 2. The van der Waals surface area contributed by atoms with E-state index in [9.17, 15) is 4.79 Å². The second-order valence-electron chi connectivity index (χ2n) is 5.15. The number of amides is 1. The molecular formula is C18H15ClN4O2. The summed E-state index contributed by atoms with van der Waals surface area (Å²) in [6.07, 6.45) is 1.52. The molecule has 0 saturated carbocycles. The normalized spacial score (nSPS) is 10.8. The summed E-state index contributed by atoms with van der Waals surface area (Å²) in [4.78, 5) is 12.1. The van der Waals surface area contributed by atoms with E-state index >= 15 is 0 Å². The molecule has 3 rings (SSSR count). The summed E-state index contributed by atoms with van der Waals surface area (Å²) in [5.74, 6) is 0.373. The predicted molar refractivity (Wildman–Crippen MR) is 97.1 cm³/mol. The molecule has 0 fully saturated rings. The number of aromatic nitrogens is 2. The first-order chi connectivity index (χ1) is 12.2. The van der Waals surface area contributed by atoms with Crippen LogP contribution in [0.5, 0.6) is 5.75 Å². The molecule has 0 atom stereocenters. The van der Waals surface area contributed by atoms with Gasteiger partial charge in [-0.05, 0) is 48.0 Å². The van der Waals surface area contributed by atoms with E-state index in [2.05, 4.69) is 20.7 Å². The van der Waals surface area contributed by atoms with Crippen molar-refractivity contribution in [3.05, 3.63) is 70.9 Å². The van der Waals surface area contributed by atoms with Crippen LogP contribution in [-0.2, 0) is 0 Å². The maximum absolute atomic E-state index is 12.1. The monoisotopic (exact) mass is 354 g/mol. The zero-order valence-electron chi connectivity index (χ0n) is 13.4. The second kappa shape index (κ2) is 7.63. The SMILES string of the molecule is COc1ccc(-c2cc(C(=O)NN=Cc3cccc(Cl)c3)[nH]n2)cc1. The van der Waals surface area contributed by atoms with Crippen LogP contribution in [0.4, 0.5) is 0 Å². The van der Waals surface area contributed by atoms with E-state index in [1.54, 1.807) is 25.3 Å². The molecule has 0 radical (unpaired) electrons. The largest absolute Gasteiger partial charge is 0.497 e. The van der Waals surface area contributed by atoms with Gasteiger partial charge in [-0.3, -0.25) is 9.89 Å². The third kappa shape index (κ3) is 4.24. The molecule has 0 aliphatic heterocycles. The highest BCUT2D eigenvalue weighted by Gasteiger charge is 2.10. The number of aromatic amines is 1. The molecule has 0 saturated heterocycles. The lowest BCUT2D eigenvalue weighted by Crippen LogP contribution is -2.17. The van der Waals surface area contributed by atoms with Gasteiger partial charge < -0.3 is 4.74 Å². The summed E-state index contributed by atoms with van der Waals surface area (Å²) in [5, 5.41) is 11.4. The molecule has 1 aromatic heterocycles. The van der Waals surface area contributed by atoms with Gasteiger partial charge in [-0.15, -0.1) is 0 Å². The molecule has 1 amide bonds. The van der Waals surface area contributed by atoms with Gasteiger partial charge in [0.1, 0.15) is 11.4 Å². The van der Waals surface area contributed by atoms with Gasteiger partial charge in [-0.1, -0.05) is 23.7 Å². The smallest absolute Gasteiger partial charge is 0.289 e. The Morgan fingerprint density at radius 2 is 2.04 bits per heavy atom. The van der Waals surface area contributed by atoms with Crippen molar-refractivity contribution in [2.45, 2.75) is 0 Å². The number of methoxy groups -OCH3 is 1. The third-order valence-corrected chi connectivity index (χ3v) is 3.67. The molecule has 3 aromatic rings. The van der Waals surface area contributed by atoms with Crippen molar-refractivity contribution in [3.63, 3.8) is 0 Å². The van der Waals surface area contributed by atoms with E-state index in [1.165, 1.54) is 6.21 Å². The van der Waals surface area contributed by atoms with Gasteiger partial charge in [0.2, 0.25) is 0 Å². The number of hydrogen-bond acceptors (Lipinski definition) is 4. The number of hydrogen-bond donors (Lipinski definition) is 2. The minimum atomic E-state index is -0.384. The summed E-state index contributed by atoms with van der Waals surface area (Å²) >= 11 is 5.89. The van der Waals surface area contributed by atoms with Crippen LogP contribution in [0.3, 0.4) is 0 Å². The lowest BCUT2D eigenvalue weighted by Gasteiger charge is -2.00. The van der Waals surface area contributed by atoms with E-state index in [-0.39, 0.29) is 5.91 Å². The average Bonchev–Trinajstić information content (AvgIpc) is 3.12. The number of halogens is 1. The minimum absolute atomic E-state index is 0.314. The van der Waals surface area contributed by atoms with Gasteiger partial charge in [0.15, 0.2) is 0 Å². The van der Waals surface area contributed by atoms with Crippen molar-refractivity contribution < 1.29 is 9.53 Å². The van der Waals surface area contributed by atoms with E-state index < -0.39 is 0 Å². The summed E-state index contributed by atoms with van der Waals surface area (Å²) in [6.45, 7) is 0. The fourth-order valence-electron chi connectivity index (χ4n) is 2.16. The van der Waals surface area contributed by atoms with E-state index in [4.69, 9.17) is 16.3 Å². The van der Waals surface area contributed by atoms with Gasteiger partial charge in [0, 0.05) is 10.6 Å². The number of carbonyl (C=O) groups is 1. The summed E-state index contributed by atoms with van der Waals surface area (Å²) < 4.78 is 5.12. The standard InChI is InChI=1S/C18H15ClN4O2/c1-25-15-7-5-13(6-8-15)16-10-17(22-21-16)18(24)23-20-11-12-3-2-4-14(19)9-12/h2-11H,1H3,(H,21,22)(H,23,24). The van der Waals surface area contributed by atoms with Crippen LogP contribution < -0.4 is 10.2 Å². The molecule has 0 spiro atoms. The third-order valence-electron chi connectivity index (χ3n) is 3.44. The van der Waals surface area contributed by atoms with Crippen LogP contribution in [0.2, 0.25) is 5.02 Å². The van der Waals surface area contributed by atoms with Gasteiger partial charge in [0.25, 0.3) is 5.91 Å². The van der Waals surface area contributed by atoms with E-state index in [0.29, 0.717) is 16.4 Å². The van der Waals surface area contributed by atoms with Gasteiger partial charge in [-0.25, -0.2) is 5.43 Å². The maximum atomic E-state index is 12.1. The number of nitrogens with zero attached hydrogens (tertiary/aromatic N) is 2. The molecule has 1 heterocycles. The second-order valence-corrected chi connectivity index (χ2v) is 5.59. The lowest BCUT2D eigenvalue weighted by atomic mass is 10.1. The zero-order chi connectivity index (χ0) is 17.6. The first-order valence-electron chi connectivity index (χ1n) is 7.44. The Kier molecular flexibility index (Phi) is 5.11. The van der Waals surface area contributed by atoms with Crippen LogP contribution in [0, 0.1) is 0 Å². The van der Waals surface area contributed by atoms with E-state index in [1.807, 2.05) is 36.4 Å². The first-order valence-corrected chi connectivity index (χ1v) is 7.82. The van der Waals surface area contributed by atoms with Crippen LogP contribution in [-0.4, -0.2) is 29.4 Å². The summed E-state index contributed by atoms with van der Waals surface area (Å²) in [5.41, 5.74) is 5.08. The van der Waals surface area contributed by atoms with Crippen molar-refractivity contribution in [3.8, 4) is 17.0 Å². The number of H-pyrrole nitrogens is 1. The maximum Gasteiger partial charge on any atom is 0.289 e. The van der Waals surface area contributed by atoms with Crippen molar-refractivity contribution in [1.29, 1.82) is 0 Å². The Balaban J connectivity index is 1.66. The van der Waals surface area contributed by atoms with Crippen molar-refractivity contribution in [1.82, 2.24) is 15.6 Å². The molecule has 0 unspecified atom stereocenters. The number of hydrazone groups is 1. The fourth-order valence-corrected chi connectivity index (χ4v) is 2.36. The average molecular weight is 355 g/mol. The van der Waals surface area contributed by atoms with Gasteiger partial charge in [0.05, 0.1) is 19.0 Å². The van der Waals surface area contributed by atoms with Crippen LogP contribution in [0.15, 0.2) is 59.7 Å². The van der Waals surface area contributed by atoms with Crippen molar-refractivity contribution in [2.24, 2.45) is 5.10 Å². The number of rotatable bonds is 5. The van der Waals surface area contributed by atoms with Crippen LogP contribution >= 0.6 is 11.6 Å². The molecule has 0 bridgehead atoms. The topological polar surface area (TPSA) is 79.4 Å². The Bertz CT molecular complexity index is 903. The zero-order valence-corrected chi connectivity index (χ0v) is 14.1. The van der Waals surface area contributed by atoms with E-state index in [0.717, 1.165) is 16.9 Å².